The first kappa shape index (κ1) is 16.6. The van der Waals surface area contributed by atoms with Crippen LogP contribution in [0.4, 0.5) is 13.2 Å². The molecule has 2 aromatic heterocycles. The summed E-state index contributed by atoms with van der Waals surface area (Å²) in [6.45, 7) is 0. The third-order valence-corrected chi connectivity index (χ3v) is 4.35. The number of H-pyrrole nitrogens is 1. The third-order valence-electron chi connectivity index (χ3n) is 3.21. The highest BCUT2D eigenvalue weighted by Crippen LogP contribution is 2.31. The number of rotatable bonds is 4. The van der Waals surface area contributed by atoms with Crippen LogP contribution in [0.2, 0.25) is 0 Å². The molecular formula is C15H11F3N4S2. The van der Waals surface area contributed by atoms with Crippen molar-refractivity contribution in [1.82, 2.24) is 14.9 Å². The summed E-state index contributed by atoms with van der Waals surface area (Å²) in [5.74, 6) is 0.531. The average Bonchev–Trinajstić information content (AvgIpc) is 3.16. The quantitative estimate of drug-likeness (QED) is 0.545. The second-order valence-corrected chi connectivity index (χ2v) is 6.26. The largest absolute Gasteiger partial charge is 0.417 e. The van der Waals surface area contributed by atoms with Gasteiger partial charge in [0.25, 0.3) is 0 Å². The van der Waals surface area contributed by atoms with Crippen molar-refractivity contribution in [1.29, 1.82) is 0 Å². The van der Waals surface area contributed by atoms with Gasteiger partial charge in [-0.25, -0.2) is 0 Å². The third kappa shape index (κ3) is 3.62. The predicted molar refractivity (Wildman–Crippen MR) is 89.0 cm³/mol. The van der Waals surface area contributed by atoms with Crippen molar-refractivity contribution in [3.63, 3.8) is 0 Å². The van der Waals surface area contributed by atoms with Gasteiger partial charge in [-0.3, -0.25) is 5.10 Å². The lowest BCUT2D eigenvalue weighted by Crippen LogP contribution is -2.09. The fourth-order valence-electron chi connectivity index (χ4n) is 2.11. The van der Waals surface area contributed by atoms with Crippen LogP contribution in [0.25, 0.3) is 0 Å². The van der Waals surface area contributed by atoms with Gasteiger partial charge in [-0.1, -0.05) is 24.3 Å². The normalized spacial score (nSPS) is 12.1. The minimum atomic E-state index is -4.44. The van der Waals surface area contributed by atoms with Crippen LogP contribution in [0.5, 0.6) is 0 Å². The van der Waals surface area contributed by atoms with Crippen LogP contribution in [-0.2, 0) is 12.6 Å². The minimum Gasteiger partial charge on any atom is -0.250 e. The highest BCUT2D eigenvalue weighted by Gasteiger charge is 2.32. The van der Waals surface area contributed by atoms with E-state index in [4.69, 9.17) is 12.2 Å². The summed E-state index contributed by atoms with van der Waals surface area (Å²) in [6, 6.07) is 9.09. The molecule has 0 bridgehead atoms. The molecule has 0 aliphatic rings. The van der Waals surface area contributed by atoms with Crippen LogP contribution in [-0.4, -0.2) is 21.1 Å². The maximum Gasteiger partial charge on any atom is 0.417 e. The molecule has 9 heteroatoms. The fraction of sp³-hybridized carbons (Fsp3) is 0.133. The van der Waals surface area contributed by atoms with Gasteiger partial charge < -0.3 is 0 Å². The summed E-state index contributed by atoms with van der Waals surface area (Å²) in [5, 5.41) is 12.7. The van der Waals surface area contributed by atoms with E-state index in [9.17, 15) is 13.2 Å². The Morgan fingerprint density at radius 3 is 2.75 bits per heavy atom. The highest BCUT2D eigenvalue weighted by molar-refractivity contribution is 7.71. The lowest BCUT2D eigenvalue weighted by molar-refractivity contribution is -0.137. The van der Waals surface area contributed by atoms with E-state index in [0.29, 0.717) is 12.2 Å². The van der Waals surface area contributed by atoms with Crippen LogP contribution >= 0.6 is 23.6 Å². The molecule has 2 heterocycles. The summed E-state index contributed by atoms with van der Waals surface area (Å²) >= 11 is 6.66. The van der Waals surface area contributed by atoms with Gasteiger partial charge >= 0.3 is 6.18 Å². The number of thiophene rings is 1. The molecule has 4 nitrogen and oxygen atoms in total. The first-order chi connectivity index (χ1) is 11.4. The molecule has 1 N–H and O–H groups in total. The van der Waals surface area contributed by atoms with Crippen LogP contribution < -0.4 is 0 Å². The maximum atomic E-state index is 13.0. The maximum absolute atomic E-state index is 13.0. The molecule has 1 aromatic carbocycles. The summed E-state index contributed by atoms with van der Waals surface area (Å²) in [7, 11) is 0. The first-order valence-electron chi connectivity index (χ1n) is 6.84. The molecule has 0 saturated heterocycles. The standard InChI is InChI=1S/C15H11F3N4S2/c16-15(17,18)12-6-2-1-4-10(12)9-19-22-13(20-21-14(22)23)8-11-5-3-7-24-11/h1-7,9H,8H2,(H,21,23)/b19-9-. The van der Waals surface area contributed by atoms with E-state index in [1.807, 2.05) is 17.5 Å². The zero-order valence-electron chi connectivity index (χ0n) is 12.1. The van der Waals surface area contributed by atoms with Crippen molar-refractivity contribution >= 4 is 29.8 Å². The molecule has 0 unspecified atom stereocenters. The number of nitrogens with one attached hydrogen (secondary N) is 1. The van der Waals surface area contributed by atoms with E-state index in [2.05, 4.69) is 15.3 Å². The lowest BCUT2D eigenvalue weighted by atomic mass is 10.1. The number of alkyl halides is 3. The second-order valence-electron chi connectivity index (χ2n) is 4.84. The molecule has 0 aliphatic heterocycles. The van der Waals surface area contributed by atoms with Crippen LogP contribution in [0.1, 0.15) is 21.8 Å². The van der Waals surface area contributed by atoms with Crippen molar-refractivity contribution in [3.05, 3.63) is 68.4 Å². The Morgan fingerprint density at radius 1 is 1.25 bits per heavy atom. The van der Waals surface area contributed by atoms with E-state index in [-0.39, 0.29) is 10.3 Å². The van der Waals surface area contributed by atoms with E-state index in [1.54, 1.807) is 11.3 Å². The number of hydrogen-bond acceptors (Lipinski definition) is 4. The minimum absolute atomic E-state index is 0.0322. The number of halogens is 3. The molecule has 124 valence electrons. The SMILES string of the molecule is FC(F)(F)c1ccccc1/C=N\n1c(Cc2cccs2)n[nH]c1=S. The number of aromatic amines is 1. The Morgan fingerprint density at radius 2 is 2.04 bits per heavy atom. The summed E-state index contributed by atoms with van der Waals surface area (Å²) in [4.78, 5) is 1.05. The number of aromatic nitrogens is 3. The molecule has 24 heavy (non-hydrogen) atoms. The van der Waals surface area contributed by atoms with Gasteiger partial charge in [-0.15, -0.1) is 11.3 Å². The van der Waals surface area contributed by atoms with Crippen LogP contribution in [0.3, 0.4) is 0 Å². The zero-order chi connectivity index (χ0) is 17.2. The Hall–Kier alpha value is -2.26. The number of benzene rings is 1. The van der Waals surface area contributed by atoms with Crippen molar-refractivity contribution in [2.75, 3.05) is 0 Å². The second kappa shape index (κ2) is 6.70. The Balaban J connectivity index is 1.94. The summed E-state index contributed by atoms with van der Waals surface area (Å²) in [6.07, 6.45) is -2.81. The van der Waals surface area contributed by atoms with Crippen molar-refractivity contribution in [3.8, 4) is 0 Å². The fourth-order valence-corrected chi connectivity index (χ4v) is 3.01. The monoisotopic (exact) mass is 368 g/mol. The van der Waals surface area contributed by atoms with Gasteiger partial charge in [0.05, 0.1) is 11.8 Å². The molecule has 0 aliphatic carbocycles. The van der Waals surface area contributed by atoms with Crippen LogP contribution in [0, 0.1) is 4.77 Å². The van der Waals surface area contributed by atoms with E-state index >= 15 is 0 Å². The van der Waals surface area contributed by atoms with Crippen molar-refractivity contribution < 1.29 is 13.2 Å². The lowest BCUT2D eigenvalue weighted by Gasteiger charge is -2.09. The highest BCUT2D eigenvalue weighted by atomic mass is 32.1. The average molecular weight is 368 g/mol. The molecule has 0 spiro atoms. The van der Waals surface area contributed by atoms with Gasteiger partial charge in [-0.05, 0) is 29.7 Å². The van der Waals surface area contributed by atoms with E-state index in [1.165, 1.54) is 22.9 Å². The summed E-state index contributed by atoms with van der Waals surface area (Å²) in [5.41, 5.74) is -0.779. The molecule has 3 aromatic rings. The molecule has 0 atom stereocenters. The molecular weight excluding hydrogens is 357 g/mol. The Kier molecular flexibility index (Phi) is 4.63. The topological polar surface area (TPSA) is 46.0 Å². The molecule has 0 amide bonds. The molecule has 3 rings (SSSR count). The van der Waals surface area contributed by atoms with Crippen LogP contribution in [0.15, 0.2) is 46.9 Å². The summed E-state index contributed by atoms with van der Waals surface area (Å²) < 4.78 is 40.6. The first-order valence-corrected chi connectivity index (χ1v) is 8.13. The predicted octanol–water partition coefficient (Wildman–Crippen LogP) is 4.49. The smallest absolute Gasteiger partial charge is 0.250 e. The zero-order valence-corrected chi connectivity index (χ0v) is 13.8. The molecule has 0 fully saturated rings. The van der Waals surface area contributed by atoms with Gasteiger partial charge in [0.2, 0.25) is 4.77 Å². The van der Waals surface area contributed by atoms with E-state index in [0.717, 1.165) is 17.2 Å². The molecule has 0 saturated carbocycles. The number of nitrogens with zero attached hydrogens (tertiary/aromatic N) is 3. The van der Waals surface area contributed by atoms with Gasteiger partial charge in [-0.2, -0.15) is 28.0 Å². The Bertz CT molecular complexity index is 907. The van der Waals surface area contributed by atoms with Gasteiger partial charge in [0, 0.05) is 16.9 Å². The Labute approximate surface area is 144 Å². The van der Waals surface area contributed by atoms with Gasteiger partial charge in [0.15, 0.2) is 5.82 Å². The van der Waals surface area contributed by atoms with Gasteiger partial charge in [0.1, 0.15) is 0 Å². The van der Waals surface area contributed by atoms with E-state index < -0.39 is 11.7 Å². The molecule has 0 radical (unpaired) electrons. The van der Waals surface area contributed by atoms with Crippen molar-refractivity contribution in [2.45, 2.75) is 12.6 Å². The number of hydrogen-bond donors (Lipinski definition) is 1. The van der Waals surface area contributed by atoms with Crippen molar-refractivity contribution in [2.24, 2.45) is 5.10 Å².